The number of carbonyl (C=O) groups excluding carboxylic acids is 2. The summed E-state index contributed by atoms with van der Waals surface area (Å²) in [5.74, 6) is -1.35. The van der Waals surface area contributed by atoms with Gasteiger partial charge in [0.05, 0.1) is 16.8 Å². The minimum absolute atomic E-state index is 0.0462. The summed E-state index contributed by atoms with van der Waals surface area (Å²) < 4.78 is 0. The van der Waals surface area contributed by atoms with Gasteiger partial charge in [0.1, 0.15) is 0 Å². The average Bonchev–Trinajstić information content (AvgIpc) is 2.81. The lowest BCUT2D eigenvalue weighted by atomic mass is 9.95. The molecule has 2 N–H and O–H groups in total. The van der Waals surface area contributed by atoms with Crippen LogP contribution in [-0.4, -0.2) is 49.9 Å². The summed E-state index contributed by atoms with van der Waals surface area (Å²) in [7, 11) is 2.14. The van der Waals surface area contributed by atoms with Gasteiger partial charge in [-0.05, 0) is 68.1 Å². The number of aryl methyl sites for hydroxylation is 1. The second-order valence-electron chi connectivity index (χ2n) is 8.67. The maximum Gasteiger partial charge on any atom is 0.313 e. The van der Waals surface area contributed by atoms with Gasteiger partial charge in [-0.2, -0.15) is 0 Å². The second-order valence-corrected chi connectivity index (χ2v) is 9.08. The summed E-state index contributed by atoms with van der Waals surface area (Å²) in [5, 5.41) is 5.86. The van der Waals surface area contributed by atoms with Gasteiger partial charge >= 0.3 is 11.8 Å². The van der Waals surface area contributed by atoms with Crippen LogP contribution in [0.4, 0.5) is 11.4 Å². The van der Waals surface area contributed by atoms with E-state index in [2.05, 4.69) is 45.7 Å². The normalized spacial score (nSPS) is 17.4. The van der Waals surface area contributed by atoms with E-state index in [1.54, 1.807) is 24.3 Å². The number of nitrogens with one attached hydrogen (secondary N) is 2. The highest BCUT2D eigenvalue weighted by Crippen LogP contribution is 2.31. The molecule has 0 aliphatic carbocycles. The third-order valence-electron chi connectivity index (χ3n) is 6.45. The van der Waals surface area contributed by atoms with E-state index in [-0.39, 0.29) is 6.04 Å². The van der Waals surface area contributed by atoms with E-state index in [4.69, 9.17) is 11.6 Å². The first kappa shape index (κ1) is 22.6. The van der Waals surface area contributed by atoms with Crippen molar-refractivity contribution in [1.82, 2.24) is 10.2 Å². The molecular formula is C25H31ClN4O2. The fraction of sp³-hybridized carbons (Fsp3) is 0.440. The maximum atomic E-state index is 12.6. The lowest BCUT2D eigenvalue weighted by Gasteiger charge is -2.36. The van der Waals surface area contributed by atoms with E-state index in [1.807, 2.05) is 0 Å². The second kappa shape index (κ2) is 10.4. The van der Waals surface area contributed by atoms with Crippen LogP contribution in [0.3, 0.4) is 0 Å². The van der Waals surface area contributed by atoms with Crippen molar-refractivity contribution in [3.63, 3.8) is 0 Å². The number of anilines is 2. The number of piperidine rings is 1. The minimum atomic E-state index is -0.706. The van der Waals surface area contributed by atoms with Crippen LogP contribution in [-0.2, 0) is 16.0 Å². The number of carbonyl (C=O) groups is 2. The quantitative estimate of drug-likeness (QED) is 0.670. The predicted octanol–water partition coefficient (Wildman–Crippen LogP) is 4.00. The zero-order valence-corrected chi connectivity index (χ0v) is 19.3. The summed E-state index contributed by atoms with van der Waals surface area (Å²) >= 11 is 6.09. The standard InChI is InChI=1S/C25H31ClN4O2/c1-29-13-7-8-18-16-19(11-12-22(18)29)23(30-14-5-2-6-15-30)17-27-24(31)25(32)28-21-10-4-3-9-20(21)26/h3-4,9-12,16,23H,2,5-8,13-15,17H2,1H3,(H,27,31)(H,28,32)/t23-/m1/s1. The van der Waals surface area contributed by atoms with E-state index in [1.165, 1.54) is 23.2 Å². The van der Waals surface area contributed by atoms with Crippen LogP contribution in [0.2, 0.25) is 5.02 Å². The Morgan fingerprint density at radius 3 is 2.56 bits per heavy atom. The van der Waals surface area contributed by atoms with Crippen molar-refractivity contribution in [3.05, 3.63) is 58.6 Å². The van der Waals surface area contributed by atoms with Gasteiger partial charge in [0.2, 0.25) is 0 Å². The Morgan fingerprint density at radius 2 is 1.78 bits per heavy atom. The van der Waals surface area contributed by atoms with E-state index >= 15 is 0 Å². The van der Waals surface area contributed by atoms with Gasteiger partial charge in [-0.15, -0.1) is 0 Å². The van der Waals surface area contributed by atoms with Gasteiger partial charge in [-0.3, -0.25) is 14.5 Å². The fourth-order valence-electron chi connectivity index (χ4n) is 4.71. The van der Waals surface area contributed by atoms with E-state index < -0.39 is 11.8 Å². The first-order valence-electron chi connectivity index (χ1n) is 11.4. The molecule has 0 saturated carbocycles. The van der Waals surface area contributed by atoms with Crippen molar-refractivity contribution in [2.75, 3.05) is 43.4 Å². The van der Waals surface area contributed by atoms with Crippen molar-refractivity contribution in [1.29, 1.82) is 0 Å². The third kappa shape index (κ3) is 5.25. The molecule has 32 heavy (non-hydrogen) atoms. The molecule has 1 atom stereocenters. The number of halogens is 1. The maximum absolute atomic E-state index is 12.6. The number of rotatable bonds is 5. The molecular weight excluding hydrogens is 424 g/mol. The molecule has 2 heterocycles. The summed E-state index contributed by atoms with van der Waals surface area (Å²) in [6.45, 7) is 3.48. The smallest absolute Gasteiger partial charge is 0.313 e. The summed E-state index contributed by atoms with van der Waals surface area (Å²) in [5.41, 5.74) is 4.29. The average molecular weight is 455 g/mol. The molecule has 0 unspecified atom stereocenters. The molecule has 2 aliphatic heterocycles. The van der Waals surface area contributed by atoms with Crippen molar-refractivity contribution in [2.45, 2.75) is 38.1 Å². The van der Waals surface area contributed by atoms with Crippen LogP contribution in [0.5, 0.6) is 0 Å². The fourth-order valence-corrected chi connectivity index (χ4v) is 4.89. The van der Waals surface area contributed by atoms with Gasteiger partial charge in [0.15, 0.2) is 0 Å². The number of hydrogen-bond donors (Lipinski definition) is 2. The predicted molar refractivity (Wildman–Crippen MR) is 129 cm³/mol. The Balaban J connectivity index is 1.47. The van der Waals surface area contributed by atoms with E-state index in [0.29, 0.717) is 17.3 Å². The van der Waals surface area contributed by atoms with Crippen LogP contribution < -0.4 is 15.5 Å². The topological polar surface area (TPSA) is 64.7 Å². The molecule has 0 aromatic heterocycles. The van der Waals surface area contributed by atoms with Gasteiger partial charge in [-0.25, -0.2) is 0 Å². The summed E-state index contributed by atoms with van der Waals surface area (Å²) in [4.78, 5) is 29.7. The van der Waals surface area contributed by atoms with Crippen molar-refractivity contribution >= 4 is 34.8 Å². The molecule has 0 radical (unpaired) electrons. The number of hydrogen-bond acceptors (Lipinski definition) is 4. The van der Waals surface area contributed by atoms with Crippen molar-refractivity contribution in [3.8, 4) is 0 Å². The largest absolute Gasteiger partial charge is 0.374 e. The Hall–Kier alpha value is -2.57. The van der Waals surface area contributed by atoms with Gasteiger partial charge in [0, 0.05) is 25.8 Å². The van der Waals surface area contributed by atoms with Crippen molar-refractivity contribution in [2.24, 2.45) is 0 Å². The highest BCUT2D eigenvalue weighted by atomic mass is 35.5. The van der Waals surface area contributed by atoms with E-state index in [9.17, 15) is 9.59 Å². The molecule has 2 amide bonds. The SMILES string of the molecule is CN1CCCc2cc([C@@H](CNC(=O)C(=O)Nc3ccccc3Cl)N3CCCCC3)ccc21. The molecule has 0 bridgehead atoms. The Bertz CT molecular complexity index is 974. The molecule has 1 saturated heterocycles. The van der Waals surface area contributed by atoms with Gasteiger partial charge in [0.25, 0.3) is 0 Å². The number of amides is 2. The minimum Gasteiger partial charge on any atom is -0.374 e. The van der Waals surface area contributed by atoms with Crippen LogP contribution in [0.1, 0.15) is 42.9 Å². The molecule has 4 rings (SSSR count). The van der Waals surface area contributed by atoms with Gasteiger partial charge in [-0.1, -0.05) is 42.3 Å². The third-order valence-corrected chi connectivity index (χ3v) is 6.78. The molecule has 6 nitrogen and oxygen atoms in total. The number of para-hydroxylation sites is 1. The highest BCUT2D eigenvalue weighted by Gasteiger charge is 2.26. The zero-order valence-electron chi connectivity index (χ0n) is 18.6. The Kier molecular flexibility index (Phi) is 7.33. The highest BCUT2D eigenvalue weighted by molar-refractivity contribution is 6.41. The van der Waals surface area contributed by atoms with E-state index in [0.717, 1.165) is 45.3 Å². The lowest BCUT2D eigenvalue weighted by Crippen LogP contribution is -2.43. The molecule has 7 heteroatoms. The molecule has 2 aromatic rings. The number of likely N-dealkylation sites (tertiary alicyclic amines) is 1. The zero-order chi connectivity index (χ0) is 22.5. The number of nitrogens with zero attached hydrogens (tertiary/aromatic N) is 2. The van der Waals surface area contributed by atoms with Crippen LogP contribution >= 0.6 is 11.6 Å². The number of fused-ring (bicyclic) bond motifs is 1. The molecule has 0 spiro atoms. The molecule has 2 aromatic carbocycles. The molecule has 170 valence electrons. The first-order valence-corrected chi connectivity index (χ1v) is 11.8. The Morgan fingerprint density at radius 1 is 1.00 bits per heavy atom. The van der Waals surface area contributed by atoms with Crippen LogP contribution in [0.25, 0.3) is 0 Å². The summed E-state index contributed by atoms with van der Waals surface area (Å²) in [6, 6.07) is 13.6. The Labute approximate surface area is 194 Å². The first-order chi connectivity index (χ1) is 15.5. The molecule has 1 fully saturated rings. The van der Waals surface area contributed by atoms with Crippen LogP contribution in [0, 0.1) is 0 Å². The van der Waals surface area contributed by atoms with Crippen LogP contribution in [0.15, 0.2) is 42.5 Å². The molecule has 2 aliphatic rings. The monoisotopic (exact) mass is 454 g/mol. The lowest BCUT2D eigenvalue weighted by molar-refractivity contribution is -0.136. The van der Waals surface area contributed by atoms with Gasteiger partial charge < -0.3 is 15.5 Å². The summed E-state index contributed by atoms with van der Waals surface area (Å²) in [6.07, 6.45) is 5.79. The van der Waals surface area contributed by atoms with Crippen molar-refractivity contribution < 1.29 is 9.59 Å². The number of benzene rings is 2.